The van der Waals surface area contributed by atoms with Gasteiger partial charge in [-0.15, -0.1) is 11.3 Å². The van der Waals surface area contributed by atoms with Crippen LogP contribution in [0.3, 0.4) is 0 Å². The molecule has 0 radical (unpaired) electrons. The second-order valence-electron chi connectivity index (χ2n) is 4.12. The van der Waals surface area contributed by atoms with Crippen LogP contribution in [0.15, 0.2) is 15.9 Å². The number of nitrogens with one attached hydrogen (secondary N) is 1. The van der Waals surface area contributed by atoms with Crippen molar-refractivity contribution in [3.8, 4) is 0 Å². The molecule has 0 saturated carbocycles. The standard InChI is InChI=1S/C11H12BrNO4S/c12-7-3-8(18-4-7)1-2-13-9(14)11(10(15)16)5-17-6-11/h3-4H,1-2,5-6H2,(H,13,14)(H,15,16). The number of carboxylic acid groups (broad SMARTS) is 1. The van der Waals surface area contributed by atoms with Crippen LogP contribution in [-0.2, 0) is 20.7 Å². The number of halogens is 1. The molecule has 2 heterocycles. The van der Waals surface area contributed by atoms with E-state index in [1.807, 2.05) is 11.4 Å². The van der Waals surface area contributed by atoms with Crippen molar-refractivity contribution in [1.29, 1.82) is 0 Å². The molecule has 0 bridgehead atoms. The maximum absolute atomic E-state index is 11.8. The van der Waals surface area contributed by atoms with Crippen LogP contribution in [-0.4, -0.2) is 36.7 Å². The Kier molecular flexibility index (Phi) is 4.04. The van der Waals surface area contributed by atoms with Gasteiger partial charge in [0, 0.05) is 21.3 Å². The summed E-state index contributed by atoms with van der Waals surface area (Å²) in [5.41, 5.74) is -1.38. The van der Waals surface area contributed by atoms with Crippen molar-refractivity contribution in [3.63, 3.8) is 0 Å². The van der Waals surface area contributed by atoms with Crippen LogP contribution >= 0.6 is 27.3 Å². The highest BCUT2D eigenvalue weighted by molar-refractivity contribution is 9.10. The van der Waals surface area contributed by atoms with E-state index in [4.69, 9.17) is 9.84 Å². The number of carbonyl (C=O) groups is 2. The van der Waals surface area contributed by atoms with Crippen molar-refractivity contribution in [3.05, 3.63) is 20.8 Å². The second-order valence-corrected chi connectivity index (χ2v) is 6.03. The first-order valence-corrected chi connectivity index (χ1v) is 7.04. The Morgan fingerprint density at radius 2 is 2.28 bits per heavy atom. The largest absolute Gasteiger partial charge is 0.480 e. The highest BCUT2D eigenvalue weighted by Gasteiger charge is 2.53. The fraction of sp³-hybridized carbons (Fsp3) is 0.455. The molecule has 2 N–H and O–H groups in total. The number of carboxylic acids is 1. The molecule has 0 aliphatic carbocycles. The van der Waals surface area contributed by atoms with E-state index in [-0.39, 0.29) is 13.2 Å². The van der Waals surface area contributed by atoms with E-state index < -0.39 is 17.3 Å². The maximum Gasteiger partial charge on any atom is 0.324 e. The fourth-order valence-electron chi connectivity index (χ4n) is 1.61. The van der Waals surface area contributed by atoms with Gasteiger partial charge in [-0.2, -0.15) is 0 Å². The van der Waals surface area contributed by atoms with Crippen LogP contribution in [0, 0.1) is 5.41 Å². The maximum atomic E-state index is 11.8. The lowest BCUT2D eigenvalue weighted by Gasteiger charge is -2.35. The summed E-state index contributed by atoms with van der Waals surface area (Å²) in [4.78, 5) is 24.0. The third kappa shape index (κ3) is 2.57. The van der Waals surface area contributed by atoms with E-state index in [1.165, 1.54) is 0 Å². The topological polar surface area (TPSA) is 75.6 Å². The number of rotatable bonds is 5. The molecule has 0 aromatic carbocycles. The summed E-state index contributed by atoms with van der Waals surface area (Å²) in [6, 6.07) is 1.98. The number of carbonyl (C=O) groups excluding carboxylic acids is 1. The monoisotopic (exact) mass is 333 g/mol. The van der Waals surface area contributed by atoms with Crippen molar-refractivity contribution in [2.24, 2.45) is 5.41 Å². The molecule has 1 aliphatic rings. The molecule has 98 valence electrons. The molecule has 18 heavy (non-hydrogen) atoms. The van der Waals surface area contributed by atoms with Crippen LogP contribution in [0.2, 0.25) is 0 Å². The zero-order valence-electron chi connectivity index (χ0n) is 9.44. The highest BCUT2D eigenvalue weighted by Crippen LogP contribution is 2.28. The molecular formula is C11H12BrNO4S. The summed E-state index contributed by atoms with van der Waals surface area (Å²) < 4.78 is 5.86. The summed E-state index contributed by atoms with van der Waals surface area (Å²) >= 11 is 4.95. The predicted octanol–water partition coefficient (Wildman–Crippen LogP) is 1.27. The number of ether oxygens (including phenoxy) is 1. The van der Waals surface area contributed by atoms with E-state index in [2.05, 4.69) is 21.2 Å². The molecule has 0 unspecified atom stereocenters. The van der Waals surface area contributed by atoms with Gasteiger partial charge in [-0.3, -0.25) is 9.59 Å². The predicted molar refractivity (Wildman–Crippen MR) is 69.6 cm³/mol. The van der Waals surface area contributed by atoms with E-state index in [9.17, 15) is 9.59 Å². The zero-order chi connectivity index (χ0) is 13.2. The average molecular weight is 334 g/mol. The Balaban J connectivity index is 1.83. The van der Waals surface area contributed by atoms with Crippen LogP contribution in [0.5, 0.6) is 0 Å². The lowest BCUT2D eigenvalue weighted by molar-refractivity contribution is -0.185. The summed E-state index contributed by atoms with van der Waals surface area (Å²) in [5.74, 6) is -1.58. The van der Waals surface area contributed by atoms with Gasteiger partial charge in [-0.25, -0.2) is 0 Å². The molecule has 1 saturated heterocycles. The molecule has 2 rings (SSSR count). The van der Waals surface area contributed by atoms with Gasteiger partial charge in [0.05, 0.1) is 13.2 Å². The van der Waals surface area contributed by atoms with Crippen LogP contribution in [0.1, 0.15) is 4.88 Å². The van der Waals surface area contributed by atoms with Gasteiger partial charge < -0.3 is 15.2 Å². The number of amides is 1. The zero-order valence-corrected chi connectivity index (χ0v) is 11.8. The molecule has 1 aromatic rings. The minimum atomic E-state index is -1.38. The van der Waals surface area contributed by atoms with Crippen molar-refractivity contribution >= 4 is 39.1 Å². The quantitative estimate of drug-likeness (QED) is 0.795. The Hall–Kier alpha value is -0.920. The van der Waals surface area contributed by atoms with Crippen LogP contribution < -0.4 is 5.32 Å². The normalized spacial score (nSPS) is 16.9. The highest BCUT2D eigenvalue weighted by atomic mass is 79.9. The smallest absolute Gasteiger partial charge is 0.324 e. The van der Waals surface area contributed by atoms with E-state index in [1.54, 1.807) is 11.3 Å². The van der Waals surface area contributed by atoms with E-state index in [0.29, 0.717) is 13.0 Å². The number of aliphatic carboxylic acids is 1. The Bertz CT molecular complexity index is 469. The Labute approximate surface area is 116 Å². The molecular weight excluding hydrogens is 322 g/mol. The van der Waals surface area contributed by atoms with Crippen LogP contribution in [0.25, 0.3) is 0 Å². The van der Waals surface area contributed by atoms with Gasteiger partial charge in [0.2, 0.25) is 5.91 Å². The molecule has 5 nitrogen and oxygen atoms in total. The summed E-state index contributed by atoms with van der Waals surface area (Å²) in [5, 5.41) is 13.7. The number of hydrogen-bond acceptors (Lipinski definition) is 4. The van der Waals surface area contributed by atoms with Gasteiger partial charge in [0.25, 0.3) is 0 Å². The first kappa shape index (κ1) is 13.5. The minimum absolute atomic E-state index is 0.0429. The molecule has 1 amide bonds. The molecule has 7 heteroatoms. The van der Waals surface area contributed by atoms with Crippen molar-refractivity contribution in [2.45, 2.75) is 6.42 Å². The first-order valence-electron chi connectivity index (χ1n) is 5.37. The van der Waals surface area contributed by atoms with E-state index in [0.717, 1.165) is 9.35 Å². The van der Waals surface area contributed by atoms with Crippen molar-refractivity contribution in [2.75, 3.05) is 19.8 Å². The first-order chi connectivity index (χ1) is 8.54. The van der Waals surface area contributed by atoms with Crippen LogP contribution in [0.4, 0.5) is 0 Å². The molecule has 1 aliphatic heterocycles. The Morgan fingerprint density at radius 1 is 1.56 bits per heavy atom. The summed E-state index contributed by atoms with van der Waals surface area (Å²) in [6.07, 6.45) is 0.693. The summed E-state index contributed by atoms with van der Waals surface area (Å²) in [7, 11) is 0. The van der Waals surface area contributed by atoms with Crippen molar-refractivity contribution in [1.82, 2.24) is 5.32 Å². The van der Waals surface area contributed by atoms with Gasteiger partial charge in [-0.1, -0.05) is 0 Å². The second kappa shape index (κ2) is 5.38. The molecule has 1 aromatic heterocycles. The Morgan fingerprint density at radius 3 is 2.72 bits per heavy atom. The van der Waals surface area contributed by atoms with Gasteiger partial charge in [-0.05, 0) is 28.4 Å². The minimum Gasteiger partial charge on any atom is -0.480 e. The SMILES string of the molecule is O=C(O)C1(C(=O)NCCc2cc(Br)cs2)COC1. The lowest BCUT2D eigenvalue weighted by Crippen LogP contribution is -2.59. The molecule has 0 atom stereocenters. The number of thiophene rings is 1. The fourth-order valence-corrected chi connectivity index (χ4v) is 3.07. The summed E-state index contributed by atoms with van der Waals surface area (Å²) in [6.45, 7) is 0.345. The van der Waals surface area contributed by atoms with E-state index >= 15 is 0 Å². The third-order valence-electron chi connectivity index (χ3n) is 2.82. The lowest BCUT2D eigenvalue weighted by atomic mass is 9.85. The average Bonchev–Trinajstić information content (AvgIpc) is 2.61. The van der Waals surface area contributed by atoms with Gasteiger partial charge in [0.15, 0.2) is 5.41 Å². The van der Waals surface area contributed by atoms with Gasteiger partial charge in [0.1, 0.15) is 0 Å². The van der Waals surface area contributed by atoms with Gasteiger partial charge >= 0.3 is 5.97 Å². The molecule has 1 fully saturated rings. The molecule has 0 spiro atoms. The number of hydrogen-bond donors (Lipinski definition) is 2. The van der Waals surface area contributed by atoms with Crippen molar-refractivity contribution < 1.29 is 19.4 Å². The third-order valence-corrected chi connectivity index (χ3v) is 4.58.